The summed E-state index contributed by atoms with van der Waals surface area (Å²) in [4.78, 5) is 72.7. The topological polar surface area (TPSA) is 237 Å². The SMILES string of the molecule is CCCCCCCCCCCCCCCCCCCCCCCC(=O)O[C@H](COC(=O)CCCCCCCCCCCCCCCCCC)COP(=O)(O)OC[C@@H](O)COP(=O)(O)OC[C@@H](COC(=O)CCCCCCCCC)OC(=O)CCCCCCCCCCCCCC. The van der Waals surface area contributed by atoms with Crippen LogP contribution in [0.15, 0.2) is 0 Å². The third kappa shape index (κ3) is 70.5. The van der Waals surface area contributed by atoms with Gasteiger partial charge in [0.15, 0.2) is 12.2 Å². The van der Waals surface area contributed by atoms with E-state index in [2.05, 4.69) is 27.7 Å². The average Bonchev–Trinajstić information content (AvgIpc) is 2.44. The average molecular weight is 1410 g/mol. The number of aliphatic hydroxyl groups excluding tert-OH is 1. The van der Waals surface area contributed by atoms with Gasteiger partial charge in [0.25, 0.3) is 0 Å². The Labute approximate surface area is 588 Å². The summed E-state index contributed by atoms with van der Waals surface area (Å²) >= 11 is 0. The molecule has 0 rings (SSSR count). The van der Waals surface area contributed by atoms with E-state index in [1.807, 2.05) is 0 Å². The van der Waals surface area contributed by atoms with Crippen molar-refractivity contribution < 1.29 is 80.2 Å². The molecule has 0 aliphatic heterocycles. The predicted octanol–water partition coefficient (Wildman–Crippen LogP) is 23.0. The second-order valence-electron chi connectivity index (χ2n) is 27.7. The minimum Gasteiger partial charge on any atom is -0.462 e. The summed E-state index contributed by atoms with van der Waals surface area (Å²) in [6.07, 6.45) is 62.6. The molecule has 0 fully saturated rings. The number of esters is 4. The second-order valence-corrected chi connectivity index (χ2v) is 30.7. The summed E-state index contributed by atoms with van der Waals surface area (Å²) < 4.78 is 68.4. The highest BCUT2D eigenvalue weighted by atomic mass is 31.2. The predicted molar refractivity (Wildman–Crippen MR) is 391 cm³/mol. The van der Waals surface area contributed by atoms with Crippen molar-refractivity contribution in [2.45, 2.75) is 431 Å². The van der Waals surface area contributed by atoms with E-state index in [0.717, 1.165) is 103 Å². The van der Waals surface area contributed by atoms with Gasteiger partial charge in [-0.3, -0.25) is 37.3 Å². The summed E-state index contributed by atoms with van der Waals surface area (Å²) in [7, 11) is -9.90. The van der Waals surface area contributed by atoms with Crippen LogP contribution in [0.5, 0.6) is 0 Å². The van der Waals surface area contributed by atoms with Crippen LogP contribution in [0.4, 0.5) is 0 Å². The summed E-state index contributed by atoms with van der Waals surface area (Å²) in [6.45, 7) is 4.95. The van der Waals surface area contributed by atoms with Crippen molar-refractivity contribution in [3.05, 3.63) is 0 Å². The van der Waals surface area contributed by atoms with E-state index in [-0.39, 0.29) is 25.7 Å². The molecule has 0 saturated carbocycles. The highest BCUT2D eigenvalue weighted by Crippen LogP contribution is 2.45. The van der Waals surface area contributed by atoms with Crippen LogP contribution in [-0.4, -0.2) is 96.7 Å². The number of hydrogen-bond donors (Lipinski definition) is 3. The van der Waals surface area contributed by atoms with E-state index < -0.39 is 97.5 Å². The number of phosphoric acid groups is 2. The lowest BCUT2D eigenvalue weighted by atomic mass is 10.0. The van der Waals surface area contributed by atoms with Crippen LogP contribution < -0.4 is 0 Å². The molecular formula is C77H150O17P2. The summed E-state index contributed by atoms with van der Waals surface area (Å²) in [6, 6.07) is 0. The molecule has 5 atom stereocenters. The number of carbonyl (C=O) groups excluding carboxylic acids is 4. The third-order valence-corrected chi connectivity index (χ3v) is 20.0. The molecule has 0 heterocycles. The van der Waals surface area contributed by atoms with Crippen LogP contribution in [-0.2, 0) is 65.4 Å². The fourth-order valence-corrected chi connectivity index (χ4v) is 13.5. The lowest BCUT2D eigenvalue weighted by Crippen LogP contribution is -2.30. The molecule has 96 heavy (non-hydrogen) atoms. The Balaban J connectivity index is 5.16. The lowest BCUT2D eigenvalue weighted by Gasteiger charge is -2.21. The zero-order chi connectivity index (χ0) is 70.4. The lowest BCUT2D eigenvalue weighted by molar-refractivity contribution is -0.161. The van der Waals surface area contributed by atoms with Gasteiger partial charge in [0.2, 0.25) is 0 Å². The maximum absolute atomic E-state index is 13.1. The molecule has 0 amide bonds. The van der Waals surface area contributed by atoms with Gasteiger partial charge in [-0.15, -0.1) is 0 Å². The maximum Gasteiger partial charge on any atom is 0.472 e. The molecule has 2 unspecified atom stereocenters. The van der Waals surface area contributed by atoms with Gasteiger partial charge in [-0.25, -0.2) is 9.13 Å². The van der Waals surface area contributed by atoms with Crippen LogP contribution in [0.1, 0.15) is 413 Å². The van der Waals surface area contributed by atoms with Gasteiger partial charge in [0.1, 0.15) is 19.3 Å². The number of aliphatic hydroxyl groups is 1. The smallest absolute Gasteiger partial charge is 0.462 e. The van der Waals surface area contributed by atoms with Crippen molar-refractivity contribution in [3.8, 4) is 0 Å². The first-order chi connectivity index (χ1) is 46.7. The molecule has 17 nitrogen and oxygen atoms in total. The monoisotopic (exact) mass is 1410 g/mol. The van der Waals surface area contributed by atoms with Crippen molar-refractivity contribution >= 4 is 39.5 Å². The van der Waals surface area contributed by atoms with Gasteiger partial charge in [-0.05, 0) is 25.7 Å². The second kappa shape index (κ2) is 71.5. The Morgan fingerprint density at radius 3 is 0.615 bits per heavy atom. The van der Waals surface area contributed by atoms with Crippen LogP contribution in [0.2, 0.25) is 0 Å². The normalized spacial score (nSPS) is 13.9. The first kappa shape index (κ1) is 94.1. The van der Waals surface area contributed by atoms with Gasteiger partial charge in [-0.2, -0.15) is 0 Å². The third-order valence-electron chi connectivity index (χ3n) is 18.1. The van der Waals surface area contributed by atoms with E-state index in [1.165, 1.54) is 231 Å². The van der Waals surface area contributed by atoms with Crippen molar-refractivity contribution in [3.63, 3.8) is 0 Å². The molecule has 570 valence electrons. The van der Waals surface area contributed by atoms with E-state index in [0.29, 0.717) is 25.7 Å². The summed E-state index contributed by atoms with van der Waals surface area (Å²) in [5.41, 5.74) is 0. The van der Waals surface area contributed by atoms with Crippen LogP contribution in [0.3, 0.4) is 0 Å². The van der Waals surface area contributed by atoms with E-state index >= 15 is 0 Å². The molecule has 0 aliphatic rings. The first-order valence-electron chi connectivity index (χ1n) is 40.3. The van der Waals surface area contributed by atoms with Crippen LogP contribution >= 0.6 is 15.6 Å². The molecule has 0 aromatic rings. The number of hydrogen-bond acceptors (Lipinski definition) is 15. The van der Waals surface area contributed by atoms with E-state index in [4.69, 9.17) is 37.0 Å². The number of unbranched alkanes of at least 4 members (excludes halogenated alkanes) is 52. The largest absolute Gasteiger partial charge is 0.472 e. The maximum atomic E-state index is 13.1. The minimum absolute atomic E-state index is 0.108. The van der Waals surface area contributed by atoms with Crippen LogP contribution in [0, 0.1) is 0 Å². The van der Waals surface area contributed by atoms with Gasteiger partial charge < -0.3 is 33.8 Å². The number of ether oxygens (including phenoxy) is 4. The molecule has 0 aromatic heterocycles. The Kier molecular flexibility index (Phi) is 70.0. The quantitative estimate of drug-likeness (QED) is 0.0222. The number of carbonyl (C=O) groups is 4. The van der Waals surface area contributed by atoms with Crippen molar-refractivity contribution in [2.24, 2.45) is 0 Å². The minimum atomic E-state index is -4.96. The fraction of sp³-hybridized carbons (Fsp3) is 0.948. The van der Waals surface area contributed by atoms with Gasteiger partial charge >= 0.3 is 39.5 Å². The molecule has 19 heteroatoms. The van der Waals surface area contributed by atoms with E-state index in [1.54, 1.807) is 0 Å². The molecule has 0 spiro atoms. The Morgan fingerprint density at radius 1 is 0.250 bits per heavy atom. The Morgan fingerprint density at radius 2 is 0.417 bits per heavy atom. The number of phosphoric ester groups is 2. The fourth-order valence-electron chi connectivity index (χ4n) is 11.9. The summed E-state index contributed by atoms with van der Waals surface area (Å²) in [5.74, 6) is -2.12. The molecule has 0 bridgehead atoms. The van der Waals surface area contributed by atoms with Gasteiger partial charge in [-0.1, -0.05) is 362 Å². The first-order valence-corrected chi connectivity index (χ1v) is 43.3. The Hall–Kier alpha value is -1.94. The molecule has 3 N–H and O–H groups in total. The molecule has 0 aliphatic carbocycles. The standard InChI is InChI=1S/C77H150O17P2/c1-5-9-13-17-21-24-27-30-32-34-35-36-37-38-40-42-45-48-52-56-60-64-77(82)94-73(68-88-75(80)62-58-54-50-46-44-41-39-33-31-28-25-22-18-14-10-6-2)70-92-96(85,86)90-66-71(78)65-89-95(83,84)91-69-72(67-87-74(79)61-57-53-49-20-16-12-8-4)93-76(81)63-59-55-51-47-43-29-26-23-19-15-11-7-3/h71-73,78H,5-70H2,1-4H3,(H,83,84)(H,85,86)/t71-,72+,73+/m0/s1. The highest BCUT2D eigenvalue weighted by molar-refractivity contribution is 7.47. The van der Waals surface area contributed by atoms with E-state index in [9.17, 15) is 43.2 Å². The zero-order valence-electron chi connectivity index (χ0n) is 62.4. The van der Waals surface area contributed by atoms with Crippen molar-refractivity contribution in [2.75, 3.05) is 39.6 Å². The molecular weight excluding hydrogens is 1260 g/mol. The highest BCUT2D eigenvalue weighted by Gasteiger charge is 2.30. The van der Waals surface area contributed by atoms with Crippen molar-refractivity contribution in [1.29, 1.82) is 0 Å². The zero-order valence-corrected chi connectivity index (χ0v) is 64.1. The molecule has 0 aromatic carbocycles. The summed E-state index contributed by atoms with van der Waals surface area (Å²) in [5, 5.41) is 10.6. The molecule has 0 radical (unpaired) electrons. The number of rotatable bonds is 78. The van der Waals surface area contributed by atoms with Gasteiger partial charge in [0, 0.05) is 25.7 Å². The molecule has 0 saturated heterocycles. The van der Waals surface area contributed by atoms with Crippen molar-refractivity contribution in [1.82, 2.24) is 0 Å². The van der Waals surface area contributed by atoms with Gasteiger partial charge in [0.05, 0.1) is 26.4 Å². The van der Waals surface area contributed by atoms with Crippen LogP contribution in [0.25, 0.3) is 0 Å². The Bertz CT molecular complexity index is 1830.